The molecule has 1 aromatic carbocycles. The molecule has 3 heteroatoms. The summed E-state index contributed by atoms with van der Waals surface area (Å²) in [5, 5.41) is 2.59. The van der Waals surface area contributed by atoms with Crippen molar-refractivity contribution in [1.82, 2.24) is 4.98 Å². The van der Waals surface area contributed by atoms with Crippen LogP contribution in [0.25, 0.3) is 11.6 Å². The highest BCUT2D eigenvalue weighted by Gasteiger charge is 2.00. The van der Waals surface area contributed by atoms with Gasteiger partial charge in [0.15, 0.2) is 5.13 Å². The van der Waals surface area contributed by atoms with E-state index in [9.17, 15) is 0 Å². The highest BCUT2D eigenvalue weighted by atomic mass is 32.1. The van der Waals surface area contributed by atoms with Crippen molar-refractivity contribution in [3.05, 3.63) is 47.0 Å². The average molecular weight is 216 g/mol. The van der Waals surface area contributed by atoms with Crippen LogP contribution >= 0.6 is 11.3 Å². The van der Waals surface area contributed by atoms with Gasteiger partial charge in [-0.1, -0.05) is 30.3 Å². The fraction of sp³-hybridized carbons (Fsp3) is 0.0833. The molecule has 0 fully saturated rings. The number of nitrogens with zero attached hydrogens (tertiary/aromatic N) is 1. The molecule has 0 saturated carbocycles. The minimum atomic E-state index is 0.616. The molecular weight excluding hydrogens is 204 g/mol. The predicted molar refractivity (Wildman–Crippen MR) is 66.5 cm³/mol. The monoisotopic (exact) mass is 216 g/mol. The van der Waals surface area contributed by atoms with Gasteiger partial charge in [0.05, 0.1) is 5.69 Å². The number of nitrogen functional groups attached to an aromatic ring is 1. The number of nitrogens with two attached hydrogens (primary N) is 1. The first kappa shape index (κ1) is 9.93. The first-order chi connectivity index (χ1) is 7.25. The summed E-state index contributed by atoms with van der Waals surface area (Å²) >= 11 is 1.47. The van der Waals surface area contributed by atoms with Gasteiger partial charge in [-0.2, -0.15) is 0 Å². The van der Waals surface area contributed by atoms with Crippen molar-refractivity contribution >= 4 is 28.1 Å². The van der Waals surface area contributed by atoms with E-state index in [0.717, 1.165) is 11.3 Å². The number of allylic oxidation sites excluding steroid dienone is 1. The second-order valence-corrected chi connectivity index (χ2v) is 4.20. The summed E-state index contributed by atoms with van der Waals surface area (Å²) in [6.45, 7) is 2.04. The highest BCUT2D eigenvalue weighted by Crippen LogP contribution is 2.20. The highest BCUT2D eigenvalue weighted by molar-refractivity contribution is 7.13. The third-order valence-corrected chi connectivity index (χ3v) is 2.78. The molecule has 0 atom stereocenters. The van der Waals surface area contributed by atoms with Gasteiger partial charge in [-0.25, -0.2) is 4.98 Å². The quantitative estimate of drug-likeness (QED) is 0.836. The Labute approximate surface area is 93.1 Å². The Bertz CT molecular complexity index is 471. The first-order valence-electron chi connectivity index (χ1n) is 4.70. The molecule has 76 valence electrons. The second-order valence-electron chi connectivity index (χ2n) is 3.31. The van der Waals surface area contributed by atoms with Gasteiger partial charge in [-0.3, -0.25) is 0 Å². The van der Waals surface area contributed by atoms with Crippen molar-refractivity contribution < 1.29 is 0 Å². The van der Waals surface area contributed by atoms with Crippen LogP contribution < -0.4 is 5.73 Å². The largest absolute Gasteiger partial charge is 0.375 e. The lowest BCUT2D eigenvalue weighted by atomic mass is 10.1. The van der Waals surface area contributed by atoms with E-state index in [1.807, 2.05) is 30.5 Å². The minimum absolute atomic E-state index is 0.616. The summed E-state index contributed by atoms with van der Waals surface area (Å²) in [6, 6.07) is 10.2. The SMILES string of the molecule is CC(=Cc1ccccc1)c1csc(N)n1. The van der Waals surface area contributed by atoms with Crippen molar-refractivity contribution in [1.29, 1.82) is 0 Å². The fourth-order valence-electron chi connectivity index (χ4n) is 1.34. The van der Waals surface area contributed by atoms with E-state index >= 15 is 0 Å². The molecule has 0 saturated heterocycles. The predicted octanol–water partition coefficient (Wildman–Crippen LogP) is 3.29. The Morgan fingerprint density at radius 1 is 1.33 bits per heavy atom. The maximum atomic E-state index is 5.59. The van der Waals surface area contributed by atoms with Crippen LogP contribution in [-0.4, -0.2) is 4.98 Å². The van der Waals surface area contributed by atoms with Crippen molar-refractivity contribution in [3.8, 4) is 0 Å². The second kappa shape index (κ2) is 4.28. The third-order valence-electron chi connectivity index (χ3n) is 2.11. The molecule has 0 aliphatic carbocycles. The van der Waals surface area contributed by atoms with Crippen LogP contribution in [0.4, 0.5) is 5.13 Å². The van der Waals surface area contributed by atoms with Crippen LogP contribution in [0.3, 0.4) is 0 Å². The standard InChI is InChI=1S/C12H12N2S/c1-9(11-8-15-12(13)14-11)7-10-5-3-2-4-6-10/h2-8H,1H3,(H2,13,14). The number of anilines is 1. The molecule has 2 aromatic rings. The molecule has 0 spiro atoms. The summed E-state index contributed by atoms with van der Waals surface area (Å²) < 4.78 is 0. The summed E-state index contributed by atoms with van der Waals surface area (Å²) in [5.74, 6) is 0. The summed E-state index contributed by atoms with van der Waals surface area (Å²) in [7, 11) is 0. The van der Waals surface area contributed by atoms with Crippen LogP contribution in [-0.2, 0) is 0 Å². The smallest absolute Gasteiger partial charge is 0.180 e. The zero-order valence-electron chi connectivity index (χ0n) is 8.47. The van der Waals surface area contributed by atoms with E-state index < -0.39 is 0 Å². The van der Waals surface area contributed by atoms with Crippen molar-refractivity contribution in [2.24, 2.45) is 0 Å². The Morgan fingerprint density at radius 2 is 2.07 bits per heavy atom. The van der Waals surface area contributed by atoms with E-state index in [1.54, 1.807) is 0 Å². The Kier molecular flexibility index (Phi) is 2.83. The summed E-state index contributed by atoms with van der Waals surface area (Å²) in [6.07, 6.45) is 2.11. The number of benzene rings is 1. The molecule has 0 bridgehead atoms. The van der Waals surface area contributed by atoms with Crippen LogP contribution in [0.5, 0.6) is 0 Å². The molecule has 15 heavy (non-hydrogen) atoms. The first-order valence-corrected chi connectivity index (χ1v) is 5.58. The molecule has 0 aliphatic rings. The molecule has 2 N–H and O–H groups in total. The summed E-state index contributed by atoms with van der Waals surface area (Å²) in [5.41, 5.74) is 8.87. The minimum Gasteiger partial charge on any atom is -0.375 e. The zero-order chi connectivity index (χ0) is 10.7. The van der Waals surface area contributed by atoms with Gasteiger partial charge in [-0.05, 0) is 24.1 Å². The van der Waals surface area contributed by atoms with Gasteiger partial charge >= 0.3 is 0 Å². The lowest BCUT2D eigenvalue weighted by Gasteiger charge is -1.96. The van der Waals surface area contributed by atoms with Crippen molar-refractivity contribution in [2.45, 2.75) is 6.92 Å². The third kappa shape index (κ3) is 2.44. The van der Waals surface area contributed by atoms with Crippen molar-refractivity contribution in [2.75, 3.05) is 5.73 Å². The molecule has 2 rings (SSSR count). The van der Waals surface area contributed by atoms with E-state index in [4.69, 9.17) is 5.73 Å². The molecule has 1 aromatic heterocycles. The van der Waals surface area contributed by atoms with Gasteiger partial charge in [0.2, 0.25) is 0 Å². The maximum absolute atomic E-state index is 5.59. The molecular formula is C12H12N2S. The topological polar surface area (TPSA) is 38.9 Å². The number of aromatic nitrogens is 1. The Hall–Kier alpha value is -1.61. The van der Waals surface area contributed by atoms with Gasteiger partial charge in [-0.15, -0.1) is 11.3 Å². The summed E-state index contributed by atoms with van der Waals surface area (Å²) in [4.78, 5) is 4.23. The molecule has 0 unspecified atom stereocenters. The fourth-order valence-corrected chi connectivity index (χ4v) is 1.96. The molecule has 0 aliphatic heterocycles. The van der Waals surface area contributed by atoms with Crippen molar-refractivity contribution in [3.63, 3.8) is 0 Å². The average Bonchev–Trinajstić information content (AvgIpc) is 2.66. The molecule has 0 amide bonds. The molecule has 0 radical (unpaired) electrons. The van der Waals surface area contributed by atoms with Crippen LogP contribution in [0.15, 0.2) is 35.7 Å². The van der Waals surface area contributed by atoms with Gasteiger partial charge < -0.3 is 5.73 Å². The van der Waals surface area contributed by atoms with E-state index in [1.165, 1.54) is 16.9 Å². The number of hydrogen-bond donors (Lipinski definition) is 1. The van der Waals surface area contributed by atoms with Gasteiger partial charge in [0.25, 0.3) is 0 Å². The maximum Gasteiger partial charge on any atom is 0.180 e. The van der Waals surface area contributed by atoms with E-state index in [-0.39, 0.29) is 0 Å². The van der Waals surface area contributed by atoms with Crippen LogP contribution in [0, 0.1) is 0 Å². The molecule has 2 nitrogen and oxygen atoms in total. The molecule has 1 heterocycles. The number of rotatable bonds is 2. The zero-order valence-corrected chi connectivity index (χ0v) is 9.29. The van der Waals surface area contributed by atoms with Crippen LogP contribution in [0.1, 0.15) is 18.2 Å². The Morgan fingerprint density at radius 3 is 2.67 bits per heavy atom. The normalized spacial score (nSPS) is 11.7. The van der Waals surface area contributed by atoms with Crippen LogP contribution in [0.2, 0.25) is 0 Å². The Balaban J connectivity index is 2.28. The van der Waals surface area contributed by atoms with Gasteiger partial charge in [0.1, 0.15) is 0 Å². The lowest BCUT2D eigenvalue weighted by molar-refractivity contribution is 1.35. The van der Waals surface area contributed by atoms with E-state index in [2.05, 4.69) is 23.2 Å². The number of thiazole rings is 1. The number of hydrogen-bond acceptors (Lipinski definition) is 3. The van der Waals surface area contributed by atoms with E-state index in [0.29, 0.717) is 5.13 Å². The van der Waals surface area contributed by atoms with Gasteiger partial charge in [0, 0.05) is 5.38 Å². The lowest BCUT2D eigenvalue weighted by Crippen LogP contribution is -1.84.